The van der Waals surface area contributed by atoms with Crippen LogP contribution in [0.3, 0.4) is 0 Å². The van der Waals surface area contributed by atoms with Gasteiger partial charge in [-0.3, -0.25) is 9.10 Å². The number of hydrogen-bond donors (Lipinski definition) is 1. The average molecular weight is 389 g/mol. The number of anilines is 2. The summed E-state index contributed by atoms with van der Waals surface area (Å²) in [7, 11) is -3.43. The van der Waals surface area contributed by atoms with Crippen LogP contribution < -0.4 is 9.62 Å². The van der Waals surface area contributed by atoms with Crippen LogP contribution in [-0.2, 0) is 14.8 Å². The van der Waals surface area contributed by atoms with Gasteiger partial charge in [0.1, 0.15) is 0 Å². The molecular formula is C21H28N2O3S. The van der Waals surface area contributed by atoms with E-state index in [-0.39, 0.29) is 18.9 Å². The van der Waals surface area contributed by atoms with Crippen LogP contribution in [0, 0.1) is 27.7 Å². The summed E-state index contributed by atoms with van der Waals surface area (Å²) < 4.78 is 25.9. The third kappa shape index (κ3) is 5.32. The van der Waals surface area contributed by atoms with Gasteiger partial charge in [-0.05, 0) is 62.4 Å². The van der Waals surface area contributed by atoms with E-state index < -0.39 is 10.0 Å². The van der Waals surface area contributed by atoms with Crippen LogP contribution in [0.1, 0.15) is 35.1 Å². The SMILES string of the molecule is Cc1cccc(N(CCCC(=O)Nc2c(C)cccc2C)S(C)(=O)=O)c1C. The largest absolute Gasteiger partial charge is 0.326 e. The molecule has 0 radical (unpaired) electrons. The number of amides is 1. The maximum atomic E-state index is 12.3. The minimum absolute atomic E-state index is 0.109. The van der Waals surface area contributed by atoms with E-state index in [1.165, 1.54) is 10.6 Å². The van der Waals surface area contributed by atoms with Gasteiger partial charge in [-0.15, -0.1) is 0 Å². The third-order valence-electron chi connectivity index (χ3n) is 4.76. The van der Waals surface area contributed by atoms with E-state index in [9.17, 15) is 13.2 Å². The van der Waals surface area contributed by atoms with E-state index in [2.05, 4.69) is 5.32 Å². The molecule has 5 nitrogen and oxygen atoms in total. The lowest BCUT2D eigenvalue weighted by atomic mass is 10.1. The van der Waals surface area contributed by atoms with Crippen molar-refractivity contribution in [3.63, 3.8) is 0 Å². The summed E-state index contributed by atoms with van der Waals surface area (Å²) in [4.78, 5) is 12.3. The zero-order valence-electron chi connectivity index (χ0n) is 16.7. The predicted octanol–water partition coefficient (Wildman–Crippen LogP) is 4.11. The first-order valence-electron chi connectivity index (χ1n) is 9.01. The van der Waals surface area contributed by atoms with Gasteiger partial charge < -0.3 is 5.32 Å². The van der Waals surface area contributed by atoms with Crippen LogP contribution in [0.25, 0.3) is 0 Å². The second kappa shape index (κ2) is 8.57. The minimum atomic E-state index is -3.43. The number of aryl methyl sites for hydroxylation is 3. The number of nitrogens with zero attached hydrogens (tertiary/aromatic N) is 1. The molecule has 0 saturated carbocycles. The van der Waals surface area contributed by atoms with Crippen molar-refractivity contribution in [3.05, 3.63) is 58.7 Å². The van der Waals surface area contributed by atoms with Gasteiger partial charge in [0.05, 0.1) is 11.9 Å². The quantitative estimate of drug-likeness (QED) is 0.776. The van der Waals surface area contributed by atoms with Gasteiger partial charge >= 0.3 is 0 Å². The van der Waals surface area contributed by atoms with Gasteiger partial charge in [-0.1, -0.05) is 30.3 Å². The smallest absolute Gasteiger partial charge is 0.232 e. The highest BCUT2D eigenvalue weighted by Gasteiger charge is 2.20. The Kier molecular flexibility index (Phi) is 6.65. The van der Waals surface area contributed by atoms with Crippen molar-refractivity contribution in [3.8, 4) is 0 Å². The van der Waals surface area contributed by atoms with Gasteiger partial charge in [0.15, 0.2) is 0 Å². The van der Waals surface area contributed by atoms with E-state index in [0.29, 0.717) is 12.1 Å². The maximum absolute atomic E-state index is 12.3. The summed E-state index contributed by atoms with van der Waals surface area (Å²) in [5.41, 5.74) is 5.49. The number of benzene rings is 2. The van der Waals surface area contributed by atoms with E-state index in [4.69, 9.17) is 0 Å². The van der Waals surface area contributed by atoms with Crippen LogP contribution in [0.4, 0.5) is 11.4 Å². The molecule has 0 spiro atoms. The van der Waals surface area contributed by atoms with E-state index in [0.717, 1.165) is 27.9 Å². The molecule has 0 aromatic heterocycles. The van der Waals surface area contributed by atoms with Gasteiger partial charge in [0.25, 0.3) is 0 Å². The lowest BCUT2D eigenvalue weighted by Crippen LogP contribution is -2.32. The molecule has 2 aromatic rings. The standard InChI is InChI=1S/C21H28N2O3S/c1-15-9-7-12-19(18(15)4)23(27(5,25)26)14-8-13-20(24)22-21-16(2)10-6-11-17(21)3/h6-7,9-12H,8,13-14H2,1-5H3,(H,22,24). The molecule has 1 amide bonds. The lowest BCUT2D eigenvalue weighted by Gasteiger charge is -2.25. The molecule has 0 fully saturated rings. The highest BCUT2D eigenvalue weighted by molar-refractivity contribution is 7.92. The van der Waals surface area contributed by atoms with Crippen molar-refractivity contribution in [1.29, 1.82) is 0 Å². The molecule has 2 rings (SSSR count). The Morgan fingerprint density at radius 1 is 0.963 bits per heavy atom. The van der Waals surface area contributed by atoms with Crippen LogP contribution >= 0.6 is 0 Å². The summed E-state index contributed by atoms with van der Waals surface area (Å²) in [6.45, 7) is 8.04. The van der Waals surface area contributed by atoms with Gasteiger partial charge in [0, 0.05) is 18.7 Å². The molecule has 0 saturated heterocycles. The van der Waals surface area contributed by atoms with Crippen LogP contribution in [0.5, 0.6) is 0 Å². The molecule has 27 heavy (non-hydrogen) atoms. The van der Waals surface area contributed by atoms with Gasteiger partial charge in [0.2, 0.25) is 15.9 Å². The molecule has 2 aromatic carbocycles. The van der Waals surface area contributed by atoms with Crippen molar-refractivity contribution >= 4 is 27.3 Å². The van der Waals surface area contributed by atoms with Crippen molar-refractivity contribution in [2.45, 2.75) is 40.5 Å². The lowest BCUT2D eigenvalue weighted by molar-refractivity contribution is -0.116. The Balaban J connectivity index is 2.06. The normalized spacial score (nSPS) is 11.3. The maximum Gasteiger partial charge on any atom is 0.232 e. The number of hydrogen-bond acceptors (Lipinski definition) is 3. The summed E-state index contributed by atoms with van der Waals surface area (Å²) >= 11 is 0. The number of rotatable bonds is 7. The fourth-order valence-electron chi connectivity index (χ4n) is 3.07. The molecule has 0 bridgehead atoms. The molecule has 0 aliphatic heterocycles. The monoisotopic (exact) mass is 388 g/mol. The van der Waals surface area contributed by atoms with E-state index >= 15 is 0 Å². The molecular weight excluding hydrogens is 360 g/mol. The highest BCUT2D eigenvalue weighted by Crippen LogP contribution is 2.25. The number of nitrogens with one attached hydrogen (secondary N) is 1. The van der Waals surface area contributed by atoms with Crippen molar-refractivity contribution < 1.29 is 13.2 Å². The molecule has 1 N–H and O–H groups in total. The number of para-hydroxylation sites is 1. The van der Waals surface area contributed by atoms with Crippen LogP contribution in [0.2, 0.25) is 0 Å². The second-order valence-corrected chi connectivity index (χ2v) is 8.88. The van der Waals surface area contributed by atoms with Crippen molar-refractivity contribution in [1.82, 2.24) is 0 Å². The Bertz CT molecular complexity index is 916. The average Bonchev–Trinajstić information content (AvgIpc) is 2.57. The molecule has 0 unspecified atom stereocenters. The Morgan fingerprint density at radius 2 is 1.52 bits per heavy atom. The number of sulfonamides is 1. The Hall–Kier alpha value is -2.34. The van der Waals surface area contributed by atoms with Crippen LogP contribution in [-0.4, -0.2) is 27.1 Å². The fraction of sp³-hybridized carbons (Fsp3) is 0.381. The fourth-order valence-corrected chi connectivity index (χ4v) is 4.08. The molecule has 6 heteroatoms. The van der Waals surface area contributed by atoms with E-state index in [1.807, 2.05) is 58.0 Å². The summed E-state index contributed by atoms with van der Waals surface area (Å²) in [6.07, 6.45) is 1.90. The zero-order chi connectivity index (χ0) is 20.2. The third-order valence-corrected chi connectivity index (χ3v) is 5.94. The number of carbonyl (C=O) groups excluding carboxylic acids is 1. The summed E-state index contributed by atoms with van der Waals surface area (Å²) in [6, 6.07) is 11.5. The minimum Gasteiger partial charge on any atom is -0.326 e. The van der Waals surface area contributed by atoms with Crippen LogP contribution in [0.15, 0.2) is 36.4 Å². The number of carbonyl (C=O) groups is 1. The molecule has 146 valence electrons. The summed E-state index contributed by atoms with van der Waals surface area (Å²) in [5.74, 6) is -0.109. The second-order valence-electron chi connectivity index (χ2n) is 6.97. The van der Waals surface area contributed by atoms with Crippen molar-refractivity contribution in [2.75, 3.05) is 22.4 Å². The first-order valence-corrected chi connectivity index (χ1v) is 10.9. The van der Waals surface area contributed by atoms with Crippen molar-refractivity contribution in [2.24, 2.45) is 0 Å². The topological polar surface area (TPSA) is 66.5 Å². The molecule has 0 heterocycles. The van der Waals surface area contributed by atoms with Gasteiger partial charge in [-0.25, -0.2) is 8.42 Å². The Labute approximate surface area is 162 Å². The molecule has 0 aliphatic carbocycles. The first kappa shape index (κ1) is 21.0. The zero-order valence-corrected chi connectivity index (χ0v) is 17.5. The first-order chi connectivity index (χ1) is 12.6. The Morgan fingerprint density at radius 3 is 2.11 bits per heavy atom. The summed E-state index contributed by atoms with van der Waals surface area (Å²) in [5, 5.41) is 2.94. The van der Waals surface area contributed by atoms with E-state index in [1.54, 1.807) is 6.07 Å². The molecule has 0 aliphatic rings. The highest BCUT2D eigenvalue weighted by atomic mass is 32.2. The predicted molar refractivity (Wildman–Crippen MR) is 112 cm³/mol. The molecule has 0 atom stereocenters. The van der Waals surface area contributed by atoms with Gasteiger partial charge in [-0.2, -0.15) is 0 Å².